The van der Waals surface area contributed by atoms with Gasteiger partial charge in [0.1, 0.15) is 18.8 Å². The Labute approximate surface area is 129 Å². The van der Waals surface area contributed by atoms with Gasteiger partial charge < -0.3 is 19.3 Å². The van der Waals surface area contributed by atoms with E-state index in [0.29, 0.717) is 17.6 Å². The number of hydrogen-bond donors (Lipinski definition) is 1. The molecule has 1 aromatic rings. The van der Waals surface area contributed by atoms with Gasteiger partial charge in [0.2, 0.25) is 5.91 Å². The maximum absolute atomic E-state index is 12.1. The average Bonchev–Trinajstić information content (AvgIpc) is 2.37. The quantitative estimate of drug-likeness (QED) is 0.818. The molecule has 1 aromatic heterocycles. The highest BCUT2D eigenvalue weighted by Gasteiger charge is 2.42. The number of aromatic nitrogens is 1. The molecular weight excluding hydrogens is 344 g/mol. The van der Waals surface area contributed by atoms with Crippen LogP contribution < -0.4 is 5.56 Å². The molecule has 0 saturated carbocycles. The van der Waals surface area contributed by atoms with Gasteiger partial charge in [-0.25, -0.2) is 4.79 Å². The van der Waals surface area contributed by atoms with E-state index >= 15 is 0 Å². The lowest BCUT2D eigenvalue weighted by Crippen LogP contribution is -2.64. The predicted molar refractivity (Wildman–Crippen MR) is 77.0 cm³/mol. The maximum atomic E-state index is 12.1. The number of carbonyl (C=O) groups is 2. The summed E-state index contributed by atoms with van der Waals surface area (Å²) < 4.78 is 7.27. The molecule has 0 spiro atoms. The maximum Gasteiger partial charge on any atom is 0.329 e. The monoisotopic (exact) mass is 358 g/mol. The summed E-state index contributed by atoms with van der Waals surface area (Å²) >= 11 is 3.25. The molecule has 2 rings (SSSR count). The first-order chi connectivity index (χ1) is 9.79. The van der Waals surface area contributed by atoms with E-state index in [1.165, 1.54) is 15.5 Å². The highest BCUT2D eigenvalue weighted by atomic mass is 79.9. The summed E-state index contributed by atoms with van der Waals surface area (Å²) in [6, 6.07) is 3.00. The molecule has 0 aliphatic carbocycles. The normalized spacial score (nSPS) is 16.4. The lowest BCUT2D eigenvalue weighted by molar-refractivity contribution is -0.173. The molecule has 1 aliphatic heterocycles. The topological polar surface area (TPSA) is 88.8 Å². The fourth-order valence-corrected chi connectivity index (χ4v) is 2.52. The molecule has 0 radical (unpaired) electrons. The molecule has 7 nitrogen and oxygen atoms in total. The molecule has 0 bridgehead atoms. The summed E-state index contributed by atoms with van der Waals surface area (Å²) in [5.74, 6) is -1.24. The van der Waals surface area contributed by atoms with Crippen LogP contribution in [0.2, 0.25) is 0 Å². The molecule has 114 valence electrons. The minimum absolute atomic E-state index is 0.0483. The Kier molecular flexibility index (Phi) is 4.48. The molecule has 8 heteroatoms. The zero-order valence-electron chi connectivity index (χ0n) is 11.4. The van der Waals surface area contributed by atoms with E-state index in [2.05, 4.69) is 15.9 Å². The summed E-state index contributed by atoms with van der Waals surface area (Å²) in [5.41, 5.74) is -0.882. The van der Waals surface area contributed by atoms with Crippen LogP contribution in [0.1, 0.15) is 6.92 Å². The Morgan fingerprint density at radius 3 is 2.71 bits per heavy atom. The molecule has 0 unspecified atom stereocenters. The zero-order valence-corrected chi connectivity index (χ0v) is 13.0. The van der Waals surface area contributed by atoms with Gasteiger partial charge in [-0.2, -0.15) is 0 Å². The molecule has 1 amide bonds. The van der Waals surface area contributed by atoms with Crippen molar-refractivity contribution in [2.75, 3.05) is 19.7 Å². The lowest BCUT2D eigenvalue weighted by atomic mass is 9.96. The minimum atomic E-state index is -1.04. The van der Waals surface area contributed by atoms with Gasteiger partial charge in [0.25, 0.3) is 5.56 Å². The third kappa shape index (κ3) is 3.92. The number of carboxylic acids is 1. The number of ether oxygens (including phenoxy) is 1. The second-order valence-electron chi connectivity index (χ2n) is 5.20. The number of nitrogens with zero attached hydrogens (tertiary/aromatic N) is 2. The van der Waals surface area contributed by atoms with Gasteiger partial charge >= 0.3 is 5.97 Å². The van der Waals surface area contributed by atoms with Crippen LogP contribution in [0.15, 0.2) is 27.6 Å². The highest BCUT2D eigenvalue weighted by Crippen LogP contribution is 2.24. The van der Waals surface area contributed by atoms with E-state index in [1.54, 1.807) is 19.2 Å². The van der Waals surface area contributed by atoms with Crippen molar-refractivity contribution in [3.8, 4) is 0 Å². The Balaban J connectivity index is 1.90. The van der Waals surface area contributed by atoms with Crippen molar-refractivity contribution in [2.45, 2.75) is 19.1 Å². The van der Waals surface area contributed by atoms with Crippen molar-refractivity contribution in [1.82, 2.24) is 9.47 Å². The molecule has 1 aliphatic rings. The fraction of sp³-hybridized carbons (Fsp3) is 0.462. The number of pyridine rings is 1. The van der Waals surface area contributed by atoms with Gasteiger partial charge in [-0.3, -0.25) is 9.59 Å². The predicted octanol–water partition coefficient (Wildman–Crippen LogP) is 0.313. The number of carboxylic acid groups (broad SMARTS) is 1. The SMILES string of the molecule is CC1(OCC(=O)O)CN(C(=O)Cn2cc(Br)ccc2=O)C1. The van der Waals surface area contributed by atoms with Gasteiger partial charge in [-0.05, 0) is 28.9 Å². The molecular formula is C13H15BrN2O5. The van der Waals surface area contributed by atoms with Crippen LogP contribution in [-0.2, 0) is 20.9 Å². The summed E-state index contributed by atoms with van der Waals surface area (Å²) in [4.78, 5) is 35.7. The molecule has 1 saturated heterocycles. The first-order valence-corrected chi connectivity index (χ1v) is 7.08. The molecule has 1 N–H and O–H groups in total. The third-order valence-corrected chi connectivity index (χ3v) is 3.67. The largest absolute Gasteiger partial charge is 0.480 e. The minimum Gasteiger partial charge on any atom is -0.480 e. The lowest BCUT2D eigenvalue weighted by Gasteiger charge is -2.47. The summed E-state index contributed by atoms with van der Waals surface area (Å²) in [5, 5.41) is 8.57. The second kappa shape index (κ2) is 5.98. The van der Waals surface area contributed by atoms with Crippen molar-refractivity contribution in [2.24, 2.45) is 0 Å². The first-order valence-electron chi connectivity index (χ1n) is 6.29. The van der Waals surface area contributed by atoms with Crippen LogP contribution in [0, 0.1) is 0 Å². The highest BCUT2D eigenvalue weighted by molar-refractivity contribution is 9.10. The van der Waals surface area contributed by atoms with Crippen molar-refractivity contribution in [3.63, 3.8) is 0 Å². The Hall–Kier alpha value is -1.67. The summed E-state index contributed by atoms with van der Waals surface area (Å²) in [6.45, 7) is 1.96. The van der Waals surface area contributed by atoms with Gasteiger partial charge in [-0.15, -0.1) is 0 Å². The van der Waals surface area contributed by atoms with E-state index in [0.717, 1.165) is 0 Å². The van der Waals surface area contributed by atoms with Gasteiger partial charge in [-0.1, -0.05) is 0 Å². The number of halogens is 1. The number of likely N-dealkylation sites (tertiary alicyclic amines) is 1. The van der Waals surface area contributed by atoms with Crippen LogP contribution >= 0.6 is 15.9 Å². The van der Waals surface area contributed by atoms with Gasteiger partial charge in [0.15, 0.2) is 0 Å². The van der Waals surface area contributed by atoms with Crippen LogP contribution in [0.3, 0.4) is 0 Å². The molecule has 0 atom stereocenters. The Morgan fingerprint density at radius 1 is 1.43 bits per heavy atom. The van der Waals surface area contributed by atoms with Crippen LogP contribution in [0.4, 0.5) is 0 Å². The van der Waals surface area contributed by atoms with E-state index < -0.39 is 11.6 Å². The van der Waals surface area contributed by atoms with Gasteiger partial charge in [0.05, 0.1) is 13.1 Å². The van der Waals surface area contributed by atoms with Crippen molar-refractivity contribution in [1.29, 1.82) is 0 Å². The fourth-order valence-electron chi connectivity index (χ4n) is 2.14. The van der Waals surface area contributed by atoms with E-state index in [-0.39, 0.29) is 24.6 Å². The van der Waals surface area contributed by atoms with E-state index in [9.17, 15) is 14.4 Å². The van der Waals surface area contributed by atoms with Crippen molar-refractivity contribution >= 4 is 27.8 Å². The molecule has 2 heterocycles. The van der Waals surface area contributed by atoms with Crippen LogP contribution in [0.5, 0.6) is 0 Å². The van der Waals surface area contributed by atoms with Crippen molar-refractivity contribution < 1.29 is 19.4 Å². The number of aliphatic carboxylic acids is 1. The summed E-state index contributed by atoms with van der Waals surface area (Å²) in [7, 11) is 0. The molecule has 0 aromatic carbocycles. The molecule has 1 fully saturated rings. The zero-order chi connectivity index (χ0) is 15.6. The van der Waals surface area contributed by atoms with E-state index in [4.69, 9.17) is 9.84 Å². The smallest absolute Gasteiger partial charge is 0.329 e. The number of amides is 1. The van der Waals surface area contributed by atoms with Crippen LogP contribution in [0.25, 0.3) is 0 Å². The Bertz CT molecular complexity index is 621. The average molecular weight is 359 g/mol. The summed E-state index contributed by atoms with van der Waals surface area (Å²) in [6.07, 6.45) is 1.56. The molecule has 21 heavy (non-hydrogen) atoms. The number of rotatable bonds is 5. The standard InChI is InChI=1S/C13H15BrN2O5/c1-13(21-6-12(19)20)7-16(8-13)11(18)5-15-4-9(14)2-3-10(15)17/h2-4H,5-8H2,1H3,(H,19,20). The second-order valence-corrected chi connectivity index (χ2v) is 6.11. The van der Waals surface area contributed by atoms with Gasteiger partial charge in [0, 0.05) is 16.7 Å². The Morgan fingerprint density at radius 2 is 2.10 bits per heavy atom. The van der Waals surface area contributed by atoms with Crippen LogP contribution in [-0.4, -0.2) is 51.7 Å². The number of carbonyl (C=O) groups excluding carboxylic acids is 1. The third-order valence-electron chi connectivity index (χ3n) is 3.20. The number of hydrogen-bond acceptors (Lipinski definition) is 4. The van der Waals surface area contributed by atoms with E-state index in [1.807, 2.05) is 0 Å². The van der Waals surface area contributed by atoms with Crippen molar-refractivity contribution in [3.05, 3.63) is 33.2 Å². The first kappa shape index (κ1) is 15.7.